The first-order chi connectivity index (χ1) is 11.4. The second-order valence-corrected chi connectivity index (χ2v) is 6.71. The van der Waals surface area contributed by atoms with Crippen LogP contribution in [0.5, 0.6) is 5.75 Å². The number of aliphatic carboxylic acids is 1. The van der Waals surface area contributed by atoms with Crippen molar-refractivity contribution >= 4 is 23.5 Å². The Bertz CT molecular complexity index is 606. The molecule has 1 N–H and O–H groups in total. The Hall–Kier alpha value is -1.79. The predicted octanol–water partition coefficient (Wildman–Crippen LogP) is 2.10. The third kappa shape index (κ3) is 5.11. The Morgan fingerprint density at radius 3 is 2.83 bits per heavy atom. The normalized spacial score (nSPS) is 17.6. The molecule has 0 aromatic heterocycles. The highest BCUT2D eigenvalue weighted by Gasteiger charge is 2.34. The molecule has 7 heteroatoms. The summed E-state index contributed by atoms with van der Waals surface area (Å²) in [6.45, 7) is 2.03. The molecule has 0 radical (unpaired) electrons. The summed E-state index contributed by atoms with van der Waals surface area (Å²) in [7, 11) is 4.01. The van der Waals surface area contributed by atoms with Crippen LogP contribution in [-0.2, 0) is 16.1 Å². The van der Waals surface area contributed by atoms with E-state index in [1.54, 1.807) is 23.1 Å². The predicted molar refractivity (Wildman–Crippen MR) is 91.3 cm³/mol. The van der Waals surface area contributed by atoms with Crippen LogP contribution < -0.4 is 4.74 Å². The van der Waals surface area contributed by atoms with Crippen molar-refractivity contribution in [2.45, 2.75) is 19.4 Å². The molecule has 24 heavy (non-hydrogen) atoms. The van der Waals surface area contributed by atoms with E-state index >= 15 is 0 Å². The van der Waals surface area contributed by atoms with Gasteiger partial charge in [0.15, 0.2) is 0 Å². The lowest BCUT2D eigenvalue weighted by molar-refractivity contribution is -0.141. The molecular weight excluding hydrogens is 332 g/mol. The maximum absolute atomic E-state index is 12.0. The number of likely N-dealkylation sites (tertiary alicyclic amines) is 1. The van der Waals surface area contributed by atoms with Crippen LogP contribution in [0.1, 0.15) is 18.4 Å². The van der Waals surface area contributed by atoms with Gasteiger partial charge in [-0.15, -0.1) is 0 Å². The number of hydrogen-bond donors (Lipinski definition) is 1. The minimum Gasteiger partial charge on any atom is -0.493 e. The zero-order valence-electron chi connectivity index (χ0n) is 14.0. The van der Waals surface area contributed by atoms with Gasteiger partial charge >= 0.3 is 5.97 Å². The maximum Gasteiger partial charge on any atom is 0.308 e. The minimum atomic E-state index is -0.933. The molecule has 1 amide bonds. The highest BCUT2D eigenvalue weighted by Crippen LogP contribution is 2.27. The fourth-order valence-electron chi connectivity index (χ4n) is 2.67. The van der Waals surface area contributed by atoms with Gasteiger partial charge < -0.3 is 19.6 Å². The summed E-state index contributed by atoms with van der Waals surface area (Å²) in [4.78, 5) is 26.7. The quantitative estimate of drug-likeness (QED) is 0.724. The molecule has 1 saturated heterocycles. The Balaban J connectivity index is 2.02. The number of carbonyl (C=O) groups is 2. The summed E-state index contributed by atoms with van der Waals surface area (Å²) in [5, 5.41) is 9.64. The molecule has 1 fully saturated rings. The van der Waals surface area contributed by atoms with Gasteiger partial charge in [-0.2, -0.15) is 0 Å². The average Bonchev–Trinajstić information content (AvgIpc) is 2.87. The summed E-state index contributed by atoms with van der Waals surface area (Å²) in [6.07, 6.45) is 0.938. The number of carbonyl (C=O) groups excluding carboxylic acids is 1. The monoisotopic (exact) mass is 354 g/mol. The summed E-state index contributed by atoms with van der Waals surface area (Å²) < 4.78 is 5.82. The lowest BCUT2D eigenvalue weighted by Gasteiger charge is -2.19. The maximum atomic E-state index is 12.0. The largest absolute Gasteiger partial charge is 0.493 e. The first-order valence-corrected chi connectivity index (χ1v) is 8.31. The van der Waals surface area contributed by atoms with Gasteiger partial charge in [0.25, 0.3) is 0 Å². The zero-order chi connectivity index (χ0) is 17.7. The van der Waals surface area contributed by atoms with Gasteiger partial charge in [0.1, 0.15) is 5.75 Å². The van der Waals surface area contributed by atoms with E-state index in [9.17, 15) is 9.59 Å². The SMILES string of the molecule is CN(C)CCCOc1ccc(Cl)cc1CN1CC(C(=O)O)CC1=O. The first-order valence-electron chi connectivity index (χ1n) is 7.93. The lowest BCUT2D eigenvalue weighted by atomic mass is 10.1. The summed E-state index contributed by atoms with van der Waals surface area (Å²) in [5.41, 5.74) is 0.798. The smallest absolute Gasteiger partial charge is 0.308 e. The van der Waals surface area contributed by atoms with Gasteiger partial charge in [0, 0.05) is 36.6 Å². The summed E-state index contributed by atoms with van der Waals surface area (Å²) in [5.74, 6) is -1.04. The number of benzene rings is 1. The van der Waals surface area contributed by atoms with Gasteiger partial charge in [-0.05, 0) is 38.7 Å². The third-order valence-corrected chi connectivity index (χ3v) is 4.19. The highest BCUT2D eigenvalue weighted by molar-refractivity contribution is 6.30. The van der Waals surface area contributed by atoms with Crippen LogP contribution in [-0.4, -0.2) is 60.6 Å². The molecule has 0 spiro atoms. The van der Waals surface area contributed by atoms with Gasteiger partial charge in [-0.3, -0.25) is 9.59 Å². The van der Waals surface area contributed by atoms with Gasteiger partial charge in [-0.25, -0.2) is 0 Å². The number of halogens is 1. The Labute approximate surface area is 146 Å². The lowest BCUT2D eigenvalue weighted by Crippen LogP contribution is -2.26. The van der Waals surface area contributed by atoms with E-state index in [4.69, 9.17) is 21.4 Å². The number of hydrogen-bond acceptors (Lipinski definition) is 4. The van der Waals surface area contributed by atoms with Crippen molar-refractivity contribution in [1.82, 2.24) is 9.80 Å². The van der Waals surface area contributed by atoms with Crippen LogP contribution >= 0.6 is 11.6 Å². The number of nitrogens with zero attached hydrogens (tertiary/aromatic N) is 2. The third-order valence-electron chi connectivity index (χ3n) is 3.95. The number of carboxylic acids is 1. The van der Waals surface area contributed by atoms with E-state index in [-0.39, 0.29) is 18.9 Å². The molecule has 1 aromatic rings. The molecule has 1 aliphatic heterocycles. The molecule has 1 atom stereocenters. The minimum absolute atomic E-state index is 0.0505. The number of carboxylic acid groups (broad SMARTS) is 1. The second-order valence-electron chi connectivity index (χ2n) is 6.27. The average molecular weight is 355 g/mol. The number of rotatable bonds is 8. The van der Waals surface area contributed by atoms with E-state index in [0.717, 1.165) is 18.5 Å². The molecule has 132 valence electrons. The zero-order valence-corrected chi connectivity index (χ0v) is 14.8. The Morgan fingerprint density at radius 2 is 2.21 bits per heavy atom. The Morgan fingerprint density at radius 1 is 1.46 bits per heavy atom. The second kappa shape index (κ2) is 8.35. The van der Waals surface area contributed by atoms with Crippen LogP contribution in [0.4, 0.5) is 0 Å². The molecule has 1 unspecified atom stereocenters. The van der Waals surface area contributed by atoms with Gasteiger partial charge in [-0.1, -0.05) is 11.6 Å². The molecule has 1 aromatic carbocycles. The summed E-state index contributed by atoms with van der Waals surface area (Å²) >= 11 is 6.06. The molecular formula is C17H23ClN2O4. The Kier molecular flexibility index (Phi) is 6.45. The molecule has 0 bridgehead atoms. The van der Waals surface area contributed by atoms with Gasteiger partial charge in [0.05, 0.1) is 12.5 Å². The fourth-order valence-corrected chi connectivity index (χ4v) is 2.87. The number of amides is 1. The van der Waals surface area contributed by atoms with Crippen LogP contribution in [0.2, 0.25) is 5.02 Å². The van der Waals surface area contributed by atoms with Crippen LogP contribution in [0.25, 0.3) is 0 Å². The molecule has 6 nitrogen and oxygen atoms in total. The molecule has 1 heterocycles. The fraction of sp³-hybridized carbons (Fsp3) is 0.529. The standard InChI is InChI=1S/C17H23ClN2O4/c1-19(2)6-3-7-24-15-5-4-14(18)8-12(15)10-20-11-13(17(22)23)9-16(20)21/h4-5,8,13H,3,6-7,9-11H2,1-2H3,(H,22,23). The van der Waals surface area contributed by atoms with Crippen LogP contribution in [0, 0.1) is 5.92 Å². The van der Waals surface area contributed by atoms with Crippen molar-refractivity contribution in [3.8, 4) is 5.75 Å². The molecule has 0 aliphatic carbocycles. The topological polar surface area (TPSA) is 70.1 Å². The summed E-state index contributed by atoms with van der Waals surface area (Å²) in [6, 6.07) is 5.31. The number of ether oxygens (including phenoxy) is 1. The van der Waals surface area contributed by atoms with Crippen molar-refractivity contribution in [2.24, 2.45) is 5.92 Å². The van der Waals surface area contributed by atoms with E-state index in [2.05, 4.69) is 4.90 Å². The van der Waals surface area contributed by atoms with Crippen molar-refractivity contribution in [2.75, 3.05) is 33.8 Å². The van der Waals surface area contributed by atoms with E-state index in [1.165, 1.54) is 0 Å². The van der Waals surface area contributed by atoms with E-state index in [0.29, 0.717) is 23.9 Å². The van der Waals surface area contributed by atoms with Crippen LogP contribution in [0.15, 0.2) is 18.2 Å². The highest BCUT2D eigenvalue weighted by atomic mass is 35.5. The van der Waals surface area contributed by atoms with E-state index < -0.39 is 11.9 Å². The van der Waals surface area contributed by atoms with Crippen molar-refractivity contribution < 1.29 is 19.4 Å². The molecule has 2 rings (SSSR count). The van der Waals surface area contributed by atoms with Crippen molar-refractivity contribution in [3.63, 3.8) is 0 Å². The molecule has 1 aliphatic rings. The first kappa shape index (κ1) is 18.5. The van der Waals surface area contributed by atoms with Gasteiger partial charge in [0.2, 0.25) is 5.91 Å². The van der Waals surface area contributed by atoms with Crippen molar-refractivity contribution in [1.29, 1.82) is 0 Å². The molecule has 0 saturated carbocycles. The van der Waals surface area contributed by atoms with Crippen molar-refractivity contribution in [3.05, 3.63) is 28.8 Å². The van der Waals surface area contributed by atoms with E-state index in [1.807, 2.05) is 14.1 Å². The van der Waals surface area contributed by atoms with Crippen LogP contribution in [0.3, 0.4) is 0 Å².